The number of aryl methyl sites for hydroxylation is 1. The number of anilines is 1. The minimum absolute atomic E-state index is 0.0134. The van der Waals surface area contributed by atoms with Gasteiger partial charge in [-0.3, -0.25) is 14.5 Å². The number of nitrogens with zero attached hydrogens (tertiary/aromatic N) is 2. The second kappa shape index (κ2) is 12.0. The van der Waals surface area contributed by atoms with Crippen molar-refractivity contribution in [2.45, 2.75) is 26.8 Å². The Labute approximate surface area is 230 Å². The van der Waals surface area contributed by atoms with Crippen molar-refractivity contribution in [2.75, 3.05) is 24.7 Å². The highest BCUT2D eigenvalue weighted by molar-refractivity contribution is 7.17. The van der Waals surface area contributed by atoms with E-state index in [1.54, 1.807) is 55.5 Å². The zero-order valence-corrected chi connectivity index (χ0v) is 22.6. The first-order chi connectivity index (χ1) is 18.8. The third-order valence-electron chi connectivity index (χ3n) is 5.88. The molecule has 3 aromatic rings. The van der Waals surface area contributed by atoms with Gasteiger partial charge in [0.25, 0.3) is 5.78 Å². The zero-order valence-electron chi connectivity index (χ0n) is 21.8. The summed E-state index contributed by atoms with van der Waals surface area (Å²) < 4.78 is 16.6. The molecule has 1 aliphatic rings. The average molecular weight is 549 g/mol. The average Bonchev–Trinajstić information content (AvgIpc) is 3.45. The van der Waals surface area contributed by atoms with Gasteiger partial charge in [-0.15, -0.1) is 0 Å². The lowest BCUT2D eigenvalue weighted by atomic mass is 9.95. The smallest absolute Gasteiger partial charge is 0.350 e. The Kier molecular flexibility index (Phi) is 8.46. The van der Waals surface area contributed by atoms with Gasteiger partial charge in [-0.05, 0) is 38.5 Å². The number of rotatable bonds is 10. The summed E-state index contributed by atoms with van der Waals surface area (Å²) in [7, 11) is 0. The predicted molar refractivity (Wildman–Crippen MR) is 147 cm³/mol. The van der Waals surface area contributed by atoms with E-state index in [0.29, 0.717) is 41.5 Å². The van der Waals surface area contributed by atoms with Crippen LogP contribution in [0.4, 0.5) is 5.13 Å². The van der Waals surface area contributed by atoms with E-state index in [1.165, 1.54) is 11.0 Å². The second-order valence-electron chi connectivity index (χ2n) is 8.41. The van der Waals surface area contributed by atoms with Crippen molar-refractivity contribution >= 4 is 39.9 Å². The summed E-state index contributed by atoms with van der Waals surface area (Å²) in [6.07, 6.45) is 1.44. The van der Waals surface area contributed by atoms with Crippen LogP contribution in [0.3, 0.4) is 0 Å². The number of hydrogen-bond acceptors (Lipinski definition) is 9. The van der Waals surface area contributed by atoms with Crippen molar-refractivity contribution < 1.29 is 33.7 Å². The van der Waals surface area contributed by atoms with Crippen LogP contribution in [0.5, 0.6) is 11.5 Å². The molecule has 0 spiro atoms. The predicted octanol–water partition coefficient (Wildman–Crippen LogP) is 5.22. The van der Waals surface area contributed by atoms with Gasteiger partial charge in [-0.25, -0.2) is 9.78 Å². The normalized spacial score (nSPS) is 16.3. The van der Waals surface area contributed by atoms with Crippen LogP contribution in [0.25, 0.3) is 5.76 Å². The van der Waals surface area contributed by atoms with Gasteiger partial charge in [-0.2, -0.15) is 0 Å². The van der Waals surface area contributed by atoms with Crippen molar-refractivity contribution in [1.29, 1.82) is 0 Å². The summed E-state index contributed by atoms with van der Waals surface area (Å²) in [6, 6.07) is 12.5. The minimum Gasteiger partial charge on any atom is -0.507 e. The first kappa shape index (κ1) is 27.6. The summed E-state index contributed by atoms with van der Waals surface area (Å²) >= 11 is 0.928. The highest BCUT2D eigenvalue weighted by Crippen LogP contribution is 2.45. The van der Waals surface area contributed by atoms with Crippen LogP contribution in [-0.2, 0) is 14.3 Å². The van der Waals surface area contributed by atoms with Crippen LogP contribution < -0.4 is 14.4 Å². The fourth-order valence-electron chi connectivity index (χ4n) is 4.21. The van der Waals surface area contributed by atoms with E-state index >= 15 is 0 Å². The number of hydrogen-bond donors (Lipinski definition) is 1. The number of Topliss-reactive ketones (excluding diaryl/α,β-unsaturated/α-hetero) is 1. The molecule has 0 aliphatic carbocycles. The molecule has 2 heterocycles. The van der Waals surface area contributed by atoms with Gasteiger partial charge < -0.3 is 19.3 Å². The van der Waals surface area contributed by atoms with Gasteiger partial charge in [0.1, 0.15) is 17.2 Å². The van der Waals surface area contributed by atoms with Gasteiger partial charge in [0.05, 0.1) is 30.5 Å². The Bertz CT molecular complexity index is 1450. The Morgan fingerprint density at radius 1 is 1.10 bits per heavy atom. The lowest BCUT2D eigenvalue weighted by Crippen LogP contribution is -2.29. The number of carbonyl (C=O) groups excluding carboxylic acids is 3. The quantitative estimate of drug-likeness (QED) is 0.121. The summed E-state index contributed by atoms with van der Waals surface area (Å²) in [5, 5.41) is 11.4. The molecular weight excluding hydrogens is 520 g/mol. The molecule has 1 saturated heterocycles. The molecule has 1 N–H and O–H groups in total. The number of esters is 1. The molecule has 4 rings (SSSR count). The summed E-state index contributed by atoms with van der Waals surface area (Å²) in [4.78, 5) is 45.3. The van der Waals surface area contributed by atoms with E-state index in [4.69, 9.17) is 14.2 Å². The summed E-state index contributed by atoms with van der Waals surface area (Å²) in [6.45, 7) is 9.61. The molecular formula is C29H28N2O7S. The number of thiazole rings is 1. The molecule has 1 aliphatic heterocycles. The fourth-order valence-corrected chi connectivity index (χ4v) is 5.20. The maximum Gasteiger partial charge on any atom is 0.350 e. The SMILES string of the molecule is C=CCOC(=O)c1sc(N2C(=O)C(=O)/C(=C(/O)c3ccccc3)C2c2ccc(OCC)c(OCC)c2)nc1C. The third-order valence-corrected chi connectivity index (χ3v) is 7.02. The molecule has 39 heavy (non-hydrogen) atoms. The maximum absolute atomic E-state index is 13.5. The second-order valence-corrected chi connectivity index (χ2v) is 9.38. The number of ketones is 1. The van der Waals surface area contributed by atoms with Crippen LogP contribution in [0.15, 0.2) is 66.8 Å². The van der Waals surface area contributed by atoms with Crippen molar-refractivity contribution in [1.82, 2.24) is 4.98 Å². The lowest BCUT2D eigenvalue weighted by molar-refractivity contribution is -0.132. The standard InChI is InChI=1S/C29H28N2O7S/c1-5-15-38-28(35)26-17(4)30-29(39-26)31-23(19-13-14-20(36-6-2)21(16-19)37-7-3)22(25(33)27(31)34)24(32)18-11-9-8-10-12-18/h5,8-14,16,23,32H,1,6-7,15H2,2-4H3/b24-22+. The number of carbonyl (C=O) groups is 3. The first-order valence-electron chi connectivity index (χ1n) is 12.3. The topological polar surface area (TPSA) is 115 Å². The van der Waals surface area contributed by atoms with Crippen molar-refractivity contribution in [3.05, 3.63) is 88.5 Å². The molecule has 0 saturated carbocycles. The van der Waals surface area contributed by atoms with Gasteiger partial charge in [0, 0.05) is 5.56 Å². The minimum atomic E-state index is -1.05. The van der Waals surface area contributed by atoms with E-state index in [2.05, 4.69) is 11.6 Å². The van der Waals surface area contributed by atoms with E-state index in [9.17, 15) is 19.5 Å². The van der Waals surface area contributed by atoms with Gasteiger partial charge in [0.15, 0.2) is 16.6 Å². The number of aliphatic hydroxyl groups excluding tert-OH is 1. The number of aliphatic hydroxyl groups is 1. The molecule has 9 nitrogen and oxygen atoms in total. The molecule has 1 amide bonds. The summed E-state index contributed by atoms with van der Waals surface area (Å²) in [5.41, 5.74) is 1.10. The molecule has 2 aromatic carbocycles. The van der Waals surface area contributed by atoms with Gasteiger partial charge in [0.2, 0.25) is 0 Å². The lowest BCUT2D eigenvalue weighted by Gasteiger charge is -2.24. The molecule has 1 atom stereocenters. The van der Waals surface area contributed by atoms with Gasteiger partial charge in [-0.1, -0.05) is 60.4 Å². The first-order valence-corrected chi connectivity index (χ1v) is 13.1. The van der Waals surface area contributed by atoms with Crippen molar-refractivity contribution in [3.63, 3.8) is 0 Å². The molecule has 1 aromatic heterocycles. The molecule has 202 valence electrons. The van der Waals surface area contributed by atoms with Crippen LogP contribution in [0.2, 0.25) is 0 Å². The van der Waals surface area contributed by atoms with Crippen molar-refractivity contribution in [2.24, 2.45) is 0 Å². The van der Waals surface area contributed by atoms with E-state index in [1.807, 2.05) is 13.8 Å². The molecule has 1 fully saturated rings. The van der Waals surface area contributed by atoms with Crippen LogP contribution in [0, 0.1) is 6.92 Å². The Balaban J connectivity index is 1.91. The number of ether oxygens (including phenoxy) is 3. The van der Waals surface area contributed by atoms with Crippen LogP contribution in [0.1, 0.15) is 46.4 Å². The van der Waals surface area contributed by atoms with Crippen LogP contribution in [-0.4, -0.2) is 47.6 Å². The molecule has 0 radical (unpaired) electrons. The molecule has 0 bridgehead atoms. The van der Waals surface area contributed by atoms with E-state index < -0.39 is 23.7 Å². The third kappa shape index (κ3) is 5.42. The van der Waals surface area contributed by atoms with Gasteiger partial charge >= 0.3 is 11.9 Å². The molecule has 10 heteroatoms. The number of benzene rings is 2. The molecule has 1 unspecified atom stereocenters. The Morgan fingerprint density at radius 3 is 2.46 bits per heavy atom. The summed E-state index contributed by atoms with van der Waals surface area (Å²) in [5.74, 6) is -1.78. The zero-order chi connectivity index (χ0) is 28.1. The highest BCUT2D eigenvalue weighted by Gasteiger charge is 2.48. The Hall–Kier alpha value is -4.44. The highest BCUT2D eigenvalue weighted by atomic mass is 32.1. The number of aromatic nitrogens is 1. The fraction of sp³-hybridized carbons (Fsp3) is 0.241. The Morgan fingerprint density at radius 2 is 1.79 bits per heavy atom. The largest absolute Gasteiger partial charge is 0.507 e. The van der Waals surface area contributed by atoms with Crippen molar-refractivity contribution in [3.8, 4) is 11.5 Å². The maximum atomic E-state index is 13.5. The van der Waals surface area contributed by atoms with E-state index in [-0.39, 0.29) is 27.9 Å². The van der Waals surface area contributed by atoms with Crippen LogP contribution >= 0.6 is 11.3 Å². The number of amides is 1. The monoisotopic (exact) mass is 548 g/mol. The van der Waals surface area contributed by atoms with E-state index in [0.717, 1.165) is 11.3 Å².